The van der Waals surface area contributed by atoms with Crippen LogP contribution in [-0.4, -0.2) is 47.4 Å². The second-order valence-electron chi connectivity index (χ2n) is 23.2. The Balaban J connectivity index is 3.46. The first-order valence-corrected chi connectivity index (χ1v) is 33.6. The van der Waals surface area contributed by atoms with Gasteiger partial charge in [0.1, 0.15) is 0 Å². The van der Waals surface area contributed by atoms with Crippen LogP contribution in [0.1, 0.15) is 373 Å². The van der Waals surface area contributed by atoms with Crippen LogP contribution < -0.4 is 5.32 Å². The van der Waals surface area contributed by atoms with Gasteiger partial charge in [0.25, 0.3) is 0 Å². The van der Waals surface area contributed by atoms with Crippen LogP contribution in [0.3, 0.4) is 0 Å². The Bertz CT molecular complexity index is 1150. The molecule has 0 aliphatic heterocycles. The Morgan fingerprint density at radius 2 is 0.635 bits per heavy atom. The van der Waals surface area contributed by atoms with Crippen molar-refractivity contribution in [2.45, 2.75) is 386 Å². The van der Waals surface area contributed by atoms with Gasteiger partial charge >= 0.3 is 5.97 Å². The predicted octanol–water partition coefficient (Wildman–Crippen LogP) is 21.4. The number of hydrogen-bond donors (Lipinski definition) is 3. The van der Waals surface area contributed by atoms with E-state index >= 15 is 0 Å². The van der Waals surface area contributed by atoms with Crippen LogP contribution in [0.25, 0.3) is 0 Å². The molecule has 438 valence electrons. The van der Waals surface area contributed by atoms with Gasteiger partial charge in [-0.05, 0) is 57.8 Å². The zero-order valence-electron chi connectivity index (χ0n) is 50.1. The quantitative estimate of drug-likeness (QED) is 0.0320. The summed E-state index contributed by atoms with van der Waals surface area (Å²) in [6.07, 6.45) is 79.5. The van der Waals surface area contributed by atoms with Crippen molar-refractivity contribution in [1.82, 2.24) is 5.32 Å². The van der Waals surface area contributed by atoms with Crippen molar-refractivity contribution >= 4 is 11.9 Å². The molecule has 0 spiro atoms. The van der Waals surface area contributed by atoms with E-state index in [0.717, 1.165) is 57.8 Å². The Labute approximate surface area is 462 Å². The van der Waals surface area contributed by atoms with Gasteiger partial charge < -0.3 is 20.3 Å². The van der Waals surface area contributed by atoms with Gasteiger partial charge in [-0.15, -0.1) is 0 Å². The van der Waals surface area contributed by atoms with E-state index in [1.165, 1.54) is 289 Å². The van der Waals surface area contributed by atoms with Gasteiger partial charge in [0.15, 0.2) is 0 Å². The van der Waals surface area contributed by atoms with Crippen molar-refractivity contribution < 1.29 is 24.5 Å². The maximum Gasteiger partial charge on any atom is 0.305 e. The SMILES string of the molecule is CCCCCCCCCCCCCCCCCCCCCCCC/C=C/C(O)C(CO)NC(=O)CCCCCCCCC/C=C\CCCCCCCCOC(=O)CCCCCCCCCCCCCCCCCC. The monoisotopic (exact) mass is 1040 g/mol. The van der Waals surface area contributed by atoms with Crippen LogP contribution >= 0.6 is 0 Å². The highest BCUT2D eigenvalue weighted by molar-refractivity contribution is 5.76. The molecule has 0 heterocycles. The molecule has 0 rings (SSSR count). The molecule has 0 aliphatic rings. The highest BCUT2D eigenvalue weighted by Crippen LogP contribution is 2.18. The number of aliphatic hydroxyl groups is 2. The van der Waals surface area contributed by atoms with E-state index < -0.39 is 12.1 Å². The molecule has 74 heavy (non-hydrogen) atoms. The first-order valence-electron chi connectivity index (χ1n) is 33.6. The van der Waals surface area contributed by atoms with Crippen LogP contribution in [0.2, 0.25) is 0 Å². The molecule has 0 aromatic heterocycles. The van der Waals surface area contributed by atoms with Crippen LogP contribution in [0.4, 0.5) is 0 Å². The Morgan fingerprint density at radius 3 is 0.959 bits per heavy atom. The zero-order chi connectivity index (χ0) is 53.6. The summed E-state index contributed by atoms with van der Waals surface area (Å²) in [5.74, 6) is -0.0743. The first-order chi connectivity index (χ1) is 36.5. The number of amides is 1. The summed E-state index contributed by atoms with van der Waals surface area (Å²) in [6, 6.07) is -0.638. The number of hydrogen-bond acceptors (Lipinski definition) is 5. The summed E-state index contributed by atoms with van der Waals surface area (Å²) in [4.78, 5) is 24.6. The Kier molecular flexibility index (Phi) is 62.4. The number of ether oxygens (including phenoxy) is 1. The summed E-state index contributed by atoms with van der Waals surface area (Å²) in [5, 5.41) is 23.2. The summed E-state index contributed by atoms with van der Waals surface area (Å²) in [7, 11) is 0. The number of aliphatic hydroxyl groups excluding tert-OH is 2. The Hall–Kier alpha value is -1.66. The molecule has 6 heteroatoms. The Morgan fingerprint density at radius 1 is 0.365 bits per heavy atom. The average Bonchev–Trinajstić information content (AvgIpc) is 3.40. The number of carbonyl (C=O) groups is 2. The smallest absolute Gasteiger partial charge is 0.305 e. The zero-order valence-corrected chi connectivity index (χ0v) is 50.1. The van der Waals surface area contributed by atoms with Gasteiger partial charge in [0, 0.05) is 12.8 Å². The lowest BCUT2D eigenvalue weighted by Gasteiger charge is -2.20. The first kappa shape index (κ1) is 72.3. The van der Waals surface area contributed by atoms with Crippen molar-refractivity contribution in [1.29, 1.82) is 0 Å². The standard InChI is InChI=1S/C68H131NO5/c1-3-5-7-9-11-13-15-17-19-21-22-23-24-25-26-27-29-32-36-40-44-48-52-56-60-66(71)65(64-70)69-67(72)61-57-53-49-45-41-37-33-30-28-31-35-39-43-47-51-55-59-63-74-68(73)62-58-54-50-46-42-38-34-20-18-16-14-12-10-8-6-4-2/h28,31,56,60,65-66,70-71H,3-27,29-30,32-55,57-59,61-64H2,1-2H3,(H,69,72)/b31-28-,60-56+. The maximum absolute atomic E-state index is 12.5. The molecular weight excluding hydrogens is 911 g/mol. The molecular formula is C68H131NO5. The average molecular weight is 1040 g/mol. The molecule has 0 saturated heterocycles. The molecule has 0 bridgehead atoms. The lowest BCUT2D eigenvalue weighted by Crippen LogP contribution is -2.45. The normalized spacial score (nSPS) is 12.6. The third-order valence-corrected chi connectivity index (χ3v) is 15.7. The van der Waals surface area contributed by atoms with Gasteiger partial charge in [-0.1, -0.05) is 327 Å². The lowest BCUT2D eigenvalue weighted by molar-refractivity contribution is -0.143. The molecule has 1 amide bonds. The van der Waals surface area contributed by atoms with Gasteiger partial charge in [-0.2, -0.15) is 0 Å². The number of rotatable bonds is 63. The minimum absolute atomic E-state index is 0.00161. The molecule has 0 aromatic carbocycles. The topological polar surface area (TPSA) is 95.9 Å². The molecule has 2 atom stereocenters. The summed E-state index contributed by atoms with van der Waals surface area (Å²) in [5.41, 5.74) is 0. The molecule has 0 aromatic rings. The lowest BCUT2D eigenvalue weighted by atomic mass is 10.0. The predicted molar refractivity (Wildman–Crippen MR) is 324 cm³/mol. The number of unbranched alkanes of at least 4 members (excludes halogenated alkanes) is 50. The second-order valence-corrected chi connectivity index (χ2v) is 23.2. The summed E-state index contributed by atoms with van der Waals surface area (Å²) >= 11 is 0. The van der Waals surface area contributed by atoms with Crippen molar-refractivity contribution in [3.63, 3.8) is 0 Å². The molecule has 3 N–H and O–H groups in total. The van der Waals surface area contributed by atoms with Crippen molar-refractivity contribution in [2.24, 2.45) is 0 Å². The number of nitrogens with one attached hydrogen (secondary N) is 1. The second kappa shape index (κ2) is 63.9. The number of esters is 1. The highest BCUT2D eigenvalue weighted by Gasteiger charge is 2.18. The van der Waals surface area contributed by atoms with E-state index in [4.69, 9.17) is 4.74 Å². The van der Waals surface area contributed by atoms with Gasteiger partial charge in [-0.25, -0.2) is 0 Å². The summed E-state index contributed by atoms with van der Waals surface area (Å²) in [6.45, 7) is 4.92. The van der Waals surface area contributed by atoms with Gasteiger partial charge in [0.2, 0.25) is 5.91 Å². The van der Waals surface area contributed by atoms with Crippen LogP contribution in [0, 0.1) is 0 Å². The van der Waals surface area contributed by atoms with E-state index in [0.29, 0.717) is 19.4 Å². The molecule has 0 aliphatic carbocycles. The highest BCUT2D eigenvalue weighted by atomic mass is 16.5. The third-order valence-electron chi connectivity index (χ3n) is 15.7. The van der Waals surface area contributed by atoms with E-state index in [-0.39, 0.29) is 18.5 Å². The van der Waals surface area contributed by atoms with E-state index in [1.807, 2.05) is 6.08 Å². The van der Waals surface area contributed by atoms with Gasteiger partial charge in [-0.3, -0.25) is 9.59 Å². The van der Waals surface area contributed by atoms with Gasteiger partial charge in [0.05, 0.1) is 25.4 Å². The molecule has 0 radical (unpaired) electrons. The fourth-order valence-electron chi connectivity index (χ4n) is 10.6. The number of carbonyl (C=O) groups excluding carboxylic acids is 2. The minimum atomic E-state index is -0.854. The van der Waals surface area contributed by atoms with E-state index in [1.54, 1.807) is 6.08 Å². The van der Waals surface area contributed by atoms with Crippen molar-refractivity contribution in [3.8, 4) is 0 Å². The third kappa shape index (κ3) is 59.6. The van der Waals surface area contributed by atoms with Crippen LogP contribution in [-0.2, 0) is 14.3 Å². The van der Waals surface area contributed by atoms with E-state index in [2.05, 4.69) is 31.3 Å². The fourth-order valence-corrected chi connectivity index (χ4v) is 10.6. The molecule has 0 saturated carbocycles. The molecule has 2 unspecified atom stereocenters. The maximum atomic E-state index is 12.5. The largest absolute Gasteiger partial charge is 0.466 e. The van der Waals surface area contributed by atoms with Crippen LogP contribution in [0.15, 0.2) is 24.3 Å². The van der Waals surface area contributed by atoms with E-state index in [9.17, 15) is 19.8 Å². The minimum Gasteiger partial charge on any atom is -0.466 e. The summed E-state index contributed by atoms with van der Waals surface area (Å²) < 4.78 is 5.49. The molecule has 0 fully saturated rings. The number of allylic oxidation sites excluding steroid dienone is 3. The fraction of sp³-hybridized carbons (Fsp3) is 0.912. The van der Waals surface area contributed by atoms with Crippen LogP contribution in [0.5, 0.6) is 0 Å². The van der Waals surface area contributed by atoms with Crippen molar-refractivity contribution in [2.75, 3.05) is 13.2 Å². The van der Waals surface area contributed by atoms with Crippen molar-refractivity contribution in [3.05, 3.63) is 24.3 Å². The molecule has 6 nitrogen and oxygen atoms in total.